The zero-order valence-electron chi connectivity index (χ0n) is 10.6. The Morgan fingerprint density at radius 3 is 2.82 bits per heavy atom. The maximum absolute atomic E-state index is 5.96. The minimum Gasteiger partial charge on any atom is -0.397 e. The smallest absolute Gasteiger partial charge is 0.0577 e. The first-order chi connectivity index (χ1) is 7.96. The molecule has 0 aromatic heterocycles. The van der Waals surface area contributed by atoms with Crippen LogP contribution in [0, 0.1) is 5.41 Å². The van der Waals surface area contributed by atoms with Crippen LogP contribution in [0.1, 0.15) is 39.5 Å². The summed E-state index contributed by atoms with van der Waals surface area (Å²) in [4.78, 5) is 0. The van der Waals surface area contributed by atoms with E-state index in [9.17, 15) is 0 Å². The monoisotopic (exact) mass is 252 g/mol. The first kappa shape index (κ1) is 12.6. The lowest BCUT2D eigenvalue weighted by Gasteiger charge is -2.36. The lowest BCUT2D eigenvalue weighted by molar-refractivity contribution is 0.229. The maximum Gasteiger partial charge on any atom is 0.0577 e. The molecule has 1 saturated carbocycles. The fourth-order valence-electron chi connectivity index (χ4n) is 2.71. The Labute approximate surface area is 109 Å². The van der Waals surface area contributed by atoms with Crippen molar-refractivity contribution in [2.24, 2.45) is 5.41 Å². The fraction of sp³-hybridized carbons (Fsp3) is 0.571. The highest BCUT2D eigenvalue weighted by atomic mass is 35.5. The van der Waals surface area contributed by atoms with Crippen molar-refractivity contribution >= 4 is 23.0 Å². The summed E-state index contributed by atoms with van der Waals surface area (Å²) < 4.78 is 0. The second-order valence-electron chi connectivity index (χ2n) is 5.83. The zero-order chi connectivity index (χ0) is 12.5. The van der Waals surface area contributed by atoms with Crippen LogP contribution in [0.2, 0.25) is 5.02 Å². The molecule has 0 heterocycles. The van der Waals surface area contributed by atoms with E-state index in [1.165, 1.54) is 25.7 Å². The van der Waals surface area contributed by atoms with E-state index in [2.05, 4.69) is 19.2 Å². The van der Waals surface area contributed by atoms with Gasteiger partial charge in [0.05, 0.1) is 11.4 Å². The van der Waals surface area contributed by atoms with Crippen molar-refractivity contribution < 1.29 is 0 Å². The molecule has 0 radical (unpaired) electrons. The van der Waals surface area contributed by atoms with Gasteiger partial charge in [-0.1, -0.05) is 31.9 Å². The van der Waals surface area contributed by atoms with Gasteiger partial charge in [-0.2, -0.15) is 0 Å². The van der Waals surface area contributed by atoms with E-state index >= 15 is 0 Å². The summed E-state index contributed by atoms with van der Waals surface area (Å²) in [7, 11) is 0. The number of nitrogens with two attached hydrogens (primary N) is 1. The standard InChI is InChI=1S/C14H21ClN2/c1-14(2)7-3-4-11(9-14)17-13-6-5-10(15)8-12(13)16/h5-6,8,11,17H,3-4,7,9,16H2,1-2H3. The van der Waals surface area contributed by atoms with E-state index in [0.29, 0.717) is 16.5 Å². The number of nitrogen functional groups attached to an aromatic ring is 1. The van der Waals surface area contributed by atoms with Gasteiger partial charge in [-0.3, -0.25) is 0 Å². The van der Waals surface area contributed by atoms with Crippen LogP contribution in [-0.4, -0.2) is 6.04 Å². The highest BCUT2D eigenvalue weighted by Gasteiger charge is 2.27. The van der Waals surface area contributed by atoms with Crippen molar-refractivity contribution in [1.29, 1.82) is 0 Å². The van der Waals surface area contributed by atoms with Crippen LogP contribution in [0.15, 0.2) is 18.2 Å². The van der Waals surface area contributed by atoms with Crippen molar-refractivity contribution in [2.45, 2.75) is 45.6 Å². The van der Waals surface area contributed by atoms with Crippen LogP contribution in [0.3, 0.4) is 0 Å². The third-order valence-corrected chi connectivity index (χ3v) is 3.81. The van der Waals surface area contributed by atoms with Crippen molar-refractivity contribution in [3.63, 3.8) is 0 Å². The Morgan fingerprint density at radius 2 is 2.18 bits per heavy atom. The second kappa shape index (κ2) is 4.77. The first-order valence-electron chi connectivity index (χ1n) is 6.28. The maximum atomic E-state index is 5.96. The number of hydrogen-bond donors (Lipinski definition) is 2. The number of halogens is 1. The van der Waals surface area contributed by atoms with E-state index in [-0.39, 0.29) is 0 Å². The van der Waals surface area contributed by atoms with Crippen LogP contribution >= 0.6 is 11.6 Å². The molecule has 0 amide bonds. The lowest BCUT2D eigenvalue weighted by Crippen LogP contribution is -2.31. The molecule has 2 rings (SSSR count). The Morgan fingerprint density at radius 1 is 1.41 bits per heavy atom. The normalized spacial score (nSPS) is 23.4. The highest BCUT2D eigenvalue weighted by molar-refractivity contribution is 6.31. The van der Waals surface area contributed by atoms with Gasteiger partial charge in [0.2, 0.25) is 0 Å². The van der Waals surface area contributed by atoms with E-state index in [1.807, 2.05) is 12.1 Å². The molecule has 0 spiro atoms. The van der Waals surface area contributed by atoms with Crippen molar-refractivity contribution in [3.05, 3.63) is 23.2 Å². The number of anilines is 2. The summed E-state index contributed by atoms with van der Waals surface area (Å²) >= 11 is 5.90. The lowest BCUT2D eigenvalue weighted by atomic mass is 9.75. The Bertz CT molecular complexity index is 401. The van der Waals surface area contributed by atoms with Crippen molar-refractivity contribution in [1.82, 2.24) is 0 Å². The molecule has 1 aliphatic rings. The minimum absolute atomic E-state index is 0.442. The Balaban J connectivity index is 2.05. The van der Waals surface area contributed by atoms with Gasteiger partial charge in [0.25, 0.3) is 0 Å². The molecular weight excluding hydrogens is 232 g/mol. The SMILES string of the molecule is CC1(C)CCCC(Nc2ccc(Cl)cc2N)C1. The molecule has 1 unspecified atom stereocenters. The molecule has 1 aromatic carbocycles. The average molecular weight is 253 g/mol. The summed E-state index contributed by atoms with van der Waals surface area (Å²) in [6.07, 6.45) is 5.04. The predicted octanol–water partition coefficient (Wildman–Crippen LogP) is 4.30. The van der Waals surface area contributed by atoms with Gasteiger partial charge < -0.3 is 11.1 Å². The van der Waals surface area contributed by atoms with E-state index < -0.39 is 0 Å². The van der Waals surface area contributed by atoms with Gasteiger partial charge in [-0.15, -0.1) is 0 Å². The fourth-order valence-corrected chi connectivity index (χ4v) is 2.89. The molecule has 0 bridgehead atoms. The number of benzene rings is 1. The van der Waals surface area contributed by atoms with Gasteiger partial charge in [0.1, 0.15) is 0 Å². The van der Waals surface area contributed by atoms with E-state index in [0.717, 1.165) is 11.4 Å². The molecular formula is C14H21ClN2. The van der Waals surface area contributed by atoms with Crippen LogP contribution < -0.4 is 11.1 Å². The molecule has 0 saturated heterocycles. The minimum atomic E-state index is 0.442. The molecule has 1 atom stereocenters. The Hall–Kier alpha value is -0.890. The first-order valence-corrected chi connectivity index (χ1v) is 6.66. The van der Waals surface area contributed by atoms with Gasteiger partial charge in [0, 0.05) is 11.1 Å². The summed E-state index contributed by atoms with van der Waals surface area (Å²) in [5.74, 6) is 0. The summed E-state index contributed by atoms with van der Waals surface area (Å²) in [5.41, 5.74) is 8.15. The summed E-state index contributed by atoms with van der Waals surface area (Å²) in [6.45, 7) is 4.68. The highest BCUT2D eigenvalue weighted by Crippen LogP contribution is 2.37. The molecule has 3 N–H and O–H groups in total. The van der Waals surface area contributed by atoms with Crippen LogP contribution in [0.25, 0.3) is 0 Å². The van der Waals surface area contributed by atoms with Crippen LogP contribution in [0.4, 0.5) is 11.4 Å². The second-order valence-corrected chi connectivity index (χ2v) is 6.27. The van der Waals surface area contributed by atoms with Crippen molar-refractivity contribution in [3.8, 4) is 0 Å². The quantitative estimate of drug-likeness (QED) is 0.770. The average Bonchev–Trinajstić information content (AvgIpc) is 2.21. The molecule has 2 nitrogen and oxygen atoms in total. The van der Waals surface area contributed by atoms with E-state index in [1.54, 1.807) is 6.07 Å². The van der Waals surface area contributed by atoms with Gasteiger partial charge >= 0.3 is 0 Å². The van der Waals surface area contributed by atoms with Gasteiger partial charge in [-0.25, -0.2) is 0 Å². The molecule has 94 valence electrons. The predicted molar refractivity (Wildman–Crippen MR) is 75.5 cm³/mol. The van der Waals surface area contributed by atoms with Crippen LogP contribution in [0.5, 0.6) is 0 Å². The molecule has 1 aliphatic carbocycles. The third kappa shape index (κ3) is 3.29. The molecule has 1 fully saturated rings. The molecule has 3 heteroatoms. The summed E-state index contributed by atoms with van der Waals surface area (Å²) in [6, 6.07) is 6.19. The van der Waals surface area contributed by atoms with Crippen molar-refractivity contribution in [2.75, 3.05) is 11.1 Å². The van der Waals surface area contributed by atoms with E-state index in [4.69, 9.17) is 17.3 Å². The third-order valence-electron chi connectivity index (χ3n) is 3.58. The number of nitrogens with one attached hydrogen (secondary N) is 1. The number of hydrogen-bond acceptors (Lipinski definition) is 2. The Kier molecular flexibility index (Phi) is 3.53. The zero-order valence-corrected chi connectivity index (χ0v) is 11.3. The molecule has 17 heavy (non-hydrogen) atoms. The molecule has 1 aromatic rings. The topological polar surface area (TPSA) is 38.0 Å². The largest absolute Gasteiger partial charge is 0.397 e. The summed E-state index contributed by atoms with van der Waals surface area (Å²) in [5, 5.41) is 4.24. The van der Waals surface area contributed by atoms with Gasteiger partial charge in [-0.05, 0) is 42.9 Å². The van der Waals surface area contributed by atoms with Gasteiger partial charge in [0.15, 0.2) is 0 Å². The molecule has 0 aliphatic heterocycles. The number of rotatable bonds is 2. The van der Waals surface area contributed by atoms with Crippen LogP contribution in [-0.2, 0) is 0 Å².